The first-order chi connectivity index (χ1) is 17.5. The lowest BCUT2D eigenvalue weighted by atomic mass is 10.1. The van der Waals surface area contributed by atoms with Crippen LogP contribution in [0.5, 0.6) is 17.2 Å². The number of ether oxygens (including phenoxy) is 3. The van der Waals surface area contributed by atoms with E-state index in [4.69, 9.17) is 14.2 Å². The van der Waals surface area contributed by atoms with Gasteiger partial charge in [-0.1, -0.05) is 36.4 Å². The molecule has 0 aromatic heterocycles. The van der Waals surface area contributed by atoms with Gasteiger partial charge in [-0.15, -0.1) is 0 Å². The zero-order valence-corrected chi connectivity index (χ0v) is 21.3. The first-order valence-corrected chi connectivity index (χ1v) is 12.0. The van der Waals surface area contributed by atoms with Crippen molar-refractivity contribution < 1.29 is 23.4 Å². The van der Waals surface area contributed by atoms with Crippen molar-refractivity contribution in [2.24, 2.45) is 5.10 Å². The van der Waals surface area contributed by atoms with Gasteiger partial charge in [0, 0.05) is 0 Å². The van der Waals surface area contributed by atoms with Gasteiger partial charge in [0.2, 0.25) is 0 Å². The van der Waals surface area contributed by atoms with E-state index >= 15 is 0 Å². The summed E-state index contributed by atoms with van der Waals surface area (Å²) < 4.78 is 31.2. The minimum atomic E-state index is -0.395. The fraction of sp³-hybridized carbons (Fsp3) is 0.143. The molecule has 4 rings (SSSR count). The Labute approximate surface area is 216 Å². The molecule has 0 aliphatic rings. The van der Waals surface area contributed by atoms with Gasteiger partial charge in [0.25, 0.3) is 5.91 Å². The molecule has 0 aliphatic heterocycles. The zero-order valence-electron chi connectivity index (χ0n) is 19.8. The van der Waals surface area contributed by atoms with Crippen molar-refractivity contribution in [3.63, 3.8) is 0 Å². The van der Waals surface area contributed by atoms with Crippen LogP contribution in [-0.2, 0) is 6.61 Å². The number of fused-ring (bicyclic) bond motifs is 1. The van der Waals surface area contributed by atoms with E-state index in [0.29, 0.717) is 45.0 Å². The van der Waals surface area contributed by atoms with Crippen LogP contribution in [0.15, 0.2) is 82.4 Å². The number of rotatable bonds is 9. The summed E-state index contributed by atoms with van der Waals surface area (Å²) in [6, 6.07) is 21.1. The van der Waals surface area contributed by atoms with Crippen LogP contribution < -0.4 is 19.6 Å². The van der Waals surface area contributed by atoms with Crippen molar-refractivity contribution in [3.8, 4) is 17.2 Å². The quantitative estimate of drug-likeness (QED) is 0.191. The molecular formula is C28H24BrFN2O4. The molecule has 0 bridgehead atoms. The highest BCUT2D eigenvalue weighted by atomic mass is 79.9. The molecule has 0 saturated carbocycles. The summed E-state index contributed by atoms with van der Waals surface area (Å²) in [7, 11) is 1.52. The van der Waals surface area contributed by atoms with Crippen LogP contribution in [0.1, 0.15) is 28.4 Å². The fourth-order valence-corrected chi connectivity index (χ4v) is 4.21. The second-order valence-corrected chi connectivity index (χ2v) is 8.63. The highest BCUT2D eigenvalue weighted by Gasteiger charge is 2.14. The summed E-state index contributed by atoms with van der Waals surface area (Å²) >= 11 is 3.51. The second kappa shape index (κ2) is 11.7. The third-order valence-corrected chi connectivity index (χ3v) is 5.89. The predicted octanol–water partition coefficient (Wildman–Crippen LogP) is 6.49. The monoisotopic (exact) mass is 550 g/mol. The van der Waals surface area contributed by atoms with Gasteiger partial charge in [-0.2, -0.15) is 5.10 Å². The molecule has 1 N–H and O–H groups in total. The summed E-state index contributed by atoms with van der Waals surface area (Å²) in [6.07, 6.45) is 1.51. The standard InChI is InChI=1S/C28H24BrFN2O4/c1-3-35-26-13-19(12-24(29)27(26)36-17-18-7-6-10-22(30)11-18)16-31-32-28(33)23-14-20-8-4-5-9-21(20)15-25(23)34-2/h4-16H,3,17H2,1-2H3,(H,32,33)/b31-16-. The number of halogens is 2. The van der Waals surface area contributed by atoms with Gasteiger partial charge in [0.15, 0.2) is 11.5 Å². The first-order valence-electron chi connectivity index (χ1n) is 11.2. The van der Waals surface area contributed by atoms with Crippen molar-refractivity contribution in [1.82, 2.24) is 5.43 Å². The number of carbonyl (C=O) groups excluding carboxylic acids is 1. The average molecular weight is 551 g/mol. The van der Waals surface area contributed by atoms with Gasteiger partial charge in [0.1, 0.15) is 18.2 Å². The molecule has 0 spiro atoms. The van der Waals surface area contributed by atoms with Crippen LogP contribution in [0.4, 0.5) is 4.39 Å². The third kappa shape index (κ3) is 6.01. The SMILES string of the molecule is CCOc1cc(/C=N\NC(=O)c2cc3ccccc3cc2OC)cc(Br)c1OCc1cccc(F)c1. The van der Waals surface area contributed by atoms with E-state index in [0.717, 1.165) is 10.8 Å². The Kier molecular flexibility index (Phi) is 8.17. The van der Waals surface area contributed by atoms with Gasteiger partial charge in [-0.3, -0.25) is 4.79 Å². The van der Waals surface area contributed by atoms with Gasteiger partial charge in [-0.25, -0.2) is 9.82 Å². The van der Waals surface area contributed by atoms with Crippen LogP contribution in [0, 0.1) is 5.82 Å². The molecule has 1 amide bonds. The van der Waals surface area contributed by atoms with Crippen LogP contribution in [-0.4, -0.2) is 25.8 Å². The largest absolute Gasteiger partial charge is 0.496 e. The van der Waals surface area contributed by atoms with E-state index in [-0.39, 0.29) is 12.4 Å². The smallest absolute Gasteiger partial charge is 0.275 e. The van der Waals surface area contributed by atoms with E-state index < -0.39 is 5.91 Å². The van der Waals surface area contributed by atoms with Crippen molar-refractivity contribution in [2.45, 2.75) is 13.5 Å². The molecule has 8 heteroatoms. The number of hydrazone groups is 1. The van der Waals surface area contributed by atoms with E-state index in [1.54, 1.807) is 30.3 Å². The zero-order chi connectivity index (χ0) is 25.5. The minimum absolute atomic E-state index is 0.174. The van der Waals surface area contributed by atoms with E-state index in [2.05, 4.69) is 26.5 Å². The summed E-state index contributed by atoms with van der Waals surface area (Å²) in [5.74, 6) is 0.723. The molecule has 0 heterocycles. The number of amides is 1. The Morgan fingerprint density at radius 1 is 1.00 bits per heavy atom. The molecule has 4 aromatic carbocycles. The lowest BCUT2D eigenvalue weighted by Crippen LogP contribution is -2.18. The average Bonchev–Trinajstić information content (AvgIpc) is 2.87. The lowest BCUT2D eigenvalue weighted by molar-refractivity contribution is 0.0952. The number of hydrogen-bond donors (Lipinski definition) is 1. The summed E-state index contributed by atoms with van der Waals surface area (Å²) in [5, 5.41) is 6.01. The molecule has 0 unspecified atom stereocenters. The van der Waals surface area contributed by atoms with E-state index in [9.17, 15) is 9.18 Å². The highest BCUT2D eigenvalue weighted by Crippen LogP contribution is 2.37. The maximum atomic E-state index is 13.5. The van der Waals surface area contributed by atoms with Crippen molar-refractivity contribution in [2.75, 3.05) is 13.7 Å². The topological polar surface area (TPSA) is 69.2 Å². The molecule has 4 aromatic rings. The van der Waals surface area contributed by atoms with Gasteiger partial charge < -0.3 is 14.2 Å². The molecular weight excluding hydrogens is 527 g/mol. The minimum Gasteiger partial charge on any atom is -0.496 e. The Hall–Kier alpha value is -3.91. The summed E-state index contributed by atoms with van der Waals surface area (Å²) in [6.45, 7) is 2.46. The maximum absolute atomic E-state index is 13.5. The highest BCUT2D eigenvalue weighted by molar-refractivity contribution is 9.10. The second-order valence-electron chi connectivity index (χ2n) is 7.78. The van der Waals surface area contributed by atoms with Crippen molar-refractivity contribution >= 4 is 38.8 Å². The molecule has 0 aliphatic carbocycles. The van der Waals surface area contributed by atoms with Gasteiger partial charge in [-0.05, 0) is 81.2 Å². The molecule has 0 radical (unpaired) electrons. The molecule has 184 valence electrons. The molecule has 0 saturated heterocycles. The lowest BCUT2D eigenvalue weighted by Gasteiger charge is -2.15. The number of nitrogens with zero attached hydrogens (tertiary/aromatic N) is 1. The first kappa shape index (κ1) is 25.2. The maximum Gasteiger partial charge on any atom is 0.275 e. The molecule has 6 nitrogen and oxygen atoms in total. The number of methoxy groups -OCH3 is 1. The van der Waals surface area contributed by atoms with Crippen LogP contribution in [0.25, 0.3) is 10.8 Å². The number of benzene rings is 4. The number of carbonyl (C=O) groups is 1. The molecule has 0 fully saturated rings. The van der Waals surface area contributed by atoms with E-state index in [1.807, 2.05) is 37.3 Å². The Bertz CT molecular complexity index is 1420. The Morgan fingerprint density at radius 3 is 2.50 bits per heavy atom. The Balaban J connectivity index is 1.50. The summed E-state index contributed by atoms with van der Waals surface area (Å²) in [5.41, 5.74) is 4.30. The number of hydrogen-bond acceptors (Lipinski definition) is 5. The van der Waals surface area contributed by atoms with Gasteiger partial charge in [0.05, 0.1) is 30.0 Å². The van der Waals surface area contributed by atoms with Crippen LogP contribution in [0.2, 0.25) is 0 Å². The van der Waals surface area contributed by atoms with Crippen molar-refractivity contribution in [3.05, 3.63) is 99.8 Å². The van der Waals surface area contributed by atoms with Crippen LogP contribution in [0.3, 0.4) is 0 Å². The molecule has 0 atom stereocenters. The third-order valence-electron chi connectivity index (χ3n) is 5.30. The molecule has 36 heavy (non-hydrogen) atoms. The summed E-state index contributed by atoms with van der Waals surface area (Å²) in [4.78, 5) is 12.8. The van der Waals surface area contributed by atoms with Crippen molar-refractivity contribution in [1.29, 1.82) is 0 Å². The van der Waals surface area contributed by atoms with Gasteiger partial charge >= 0.3 is 0 Å². The number of nitrogens with one attached hydrogen (secondary N) is 1. The van der Waals surface area contributed by atoms with Crippen LogP contribution >= 0.6 is 15.9 Å². The van der Waals surface area contributed by atoms with E-state index in [1.165, 1.54) is 25.5 Å². The Morgan fingerprint density at radius 2 is 1.78 bits per heavy atom. The fourth-order valence-electron chi connectivity index (χ4n) is 3.64. The predicted molar refractivity (Wildman–Crippen MR) is 142 cm³/mol. The normalized spacial score (nSPS) is 11.0.